The monoisotopic (exact) mass is 489 g/mol. The number of likely N-dealkylation sites (N-methyl/N-ethyl adjacent to an activating group) is 1. The van der Waals surface area contributed by atoms with Crippen molar-refractivity contribution in [1.29, 1.82) is 0 Å². The highest BCUT2D eigenvalue weighted by molar-refractivity contribution is 7.93. The van der Waals surface area contributed by atoms with Gasteiger partial charge in [-0.05, 0) is 50.4 Å². The van der Waals surface area contributed by atoms with Crippen molar-refractivity contribution in [2.75, 3.05) is 44.1 Å². The van der Waals surface area contributed by atoms with Crippen LogP contribution in [0.5, 0.6) is 5.75 Å². The number of aryl methyl sites for hydroxylation is 1. The molecule has 5 rings (SSSR count). The highest BCUT2D eigenvalue weighted by atomic mass is 32.2. The van der Waals surface area contributed by atoms with Gasteiger partial charge < -0.3 is 9.64 Å². The van der Waals surface area contributed by atoms with Crippen LogP contribution < -0.4 is 9.04 Å². The second-order valence-electron chi connectivity index (χ2n) is 9.14. The molecule has 0 amide bonds. The lowest BCUT2D eigenvalue weighted by Gasteiger charge is -2.37. The number of hydrogen-bond acceptors (Lipinski definition) is 5. The van der Waals surface area contributed by atoms with Gasteiger partial charge in [0.15, 0.2) is 0 Å². The molecule has 3 aromatic carbocycles. The van der Waals surface area contributed by atoms with Crippen LogP contribution in [0, 0.1) is 6.92 Å². The summed E-state index contributed by atoms with van der Waals surface area (Å²) in [4.78, 5) is 4.98. The van der Waals surface area contributed by atoms with Crippen molar-refractivity contribution in [2.45, 2.75) is 17.9 Å². The minimum atomic E-state index is -3.82. The van der Waals surface area contributed by atoms with Gasteiger partial charge in [-0.3, -0.25) is 4.90 Å². The van der Waals surface area contributed by atoms with E-state index < -0.39 is 10.0 Å². The lowest BCUT2D eigenvalue weighted by atomic mass is 10.0. The van der Waals surface area contributed by atoms with Crippen LogP contribution in [0.2, 0.25) is 0 Å². The molecule has 35 heavy (non-hydrogen) atoms. The SMILES string of the molecule is Cc1ccc(S(=O)(=O)N2/C(=C/COc3ccccc3)[C@H](N3CCN(C)CC3)c3ccccc32)cc1. The van der Waals surface area contributed by atoms with Crippen LogP contribution in [0.1, 0.15) is 17.2 Å². The third kappa shape index (κ3) is 4.72. The Morgan fingerprint density at radius 1 is 0.886 bits per heavy atom. The van der Waals surface area contributed by atoms with Gasteiger partial charge in [0.25, 0.3) is 10.0 Å². The first-order chi connectivity index (χ1) is 16.9. The Balaban J connectivity index is 1.58. The van der Waals surface area contributed by atoms with E-state index in [0.29, 0.717) is 5.69 Å². The second-order valence-corrected chi connectivity index (χ2v) is 10.9. The Kier molecular flexibility index (Phi) is 6.65. The second kappa shape index (κ2) is 9.85. The zero-order valence-electron chi connectivity index (χ0n) is 20.2. The molecule has 1 saturated heterocycles. The average molecular weight is 490 g/mol. The van der Waals surface area contributed by atoms with E-state index in [2.05, 4.69) is 22.9 Å². The number of ether oxygens (including phenoxy) is 1. The molecule has 3 aromatic rings. The van der Waals surface area contributed by atoms with E-state index in [1.54, 1.807) is 12.1 Å². The first-order valence-corrected chi connectivity index (χ1v) is 13.4. The van der Waals surface area contributed by atoms with Crippen LogP contribution in [0.25, 0.3) is 0 Å². The summed E-state index contributed by atoms with van der Waals surface area (Å²) in [6, 6.07) is 24.4. The maximum absolute atomic E-state index is 14.0. The summed E-state index contributed by atoms with van der Waals surface area (Å²) in [6.07, 6.45) is 1.93. The number of sulfonamides is 1. The number of anilines is 1. The molecular weight excluding hydrogens is 458 g/mol. The van der Waals surface area contributed by atoms with Crippen LogP contribution >= 0.6 is 0 Å². The zero-order valence-corrected chi connectivity index (χ0v) is 21.0. The van der Waals surface area contributed by atoms with Crippen molar-refractivity contribution in [1.82, 2.24) is 9.80 Å². The van der Waals surface area contributed by atoms with Crippen LogP contribution in [-0.4, -0.2) is 58.1 Å². The number of para-hydroxylation sites is 2. The standard InChI is InChI=1S/C28H31N3O3S/c1-22-12-14-24(15-13-22)35(32,33)31-26-11-7-6-10-25(26)28(30-19-17-29(2)18-20-30)27(31)16-21-34-23-8-4-3-5-9-23/h3-16,28H,17-21H2,1-2H3/b27-16+/t28-/m1/s1. The predicted molar refractivity (Wildman–Crippen MR) is 139 cm³/mol. The number of piperazine rings is 1. The van der Waals surface area contributed by atoms with Gasteiger partial charge in [-0.1, -0.05) is 54.1 Å². The molecule has 0 aliphatic carbocycles. The fourth-order valence-corrected chi connectivity index (χ4v) is 6.36. The van der Waals surface area contributed by atoms with Gasteiger partial charge in [0.05, 0.1) is 22.3 Å². The molecule has 7 heteroatoms. The van der Waals surface area contributed by atoms with Gasteiger partial charge in [-0.2, -0.15) is 0 Å². The van der Waals surface area contributed by atoms with Gasteiger partial charge in [0, 0.05) is 31.7 Å². The molecular formula is C28H31N3O3S. The van der Waals surface area contributed by atoms with Crippen LogP contribution in [0.3, 0.4) is 0 Å². The molecule has 1 fully saturated rings. The van der Waals surface area contributed by atoms with E-state index in [-0.39, 0.29) is 17.5 Å². The fourth-order valence-electron chi connectivity index (χ4n) is 4.80. The first-order valence-electron chi connectivity index (χ1n) is 12.0. The van der Waals surface area contributed by atoms with E-state index in [1.807, 2.05) is 73.7 Å². The molecule has 6 nitrogen and oxygen atoms in total. The van der Waals surface area contributed by atoms with Gasteiger partial charge in [-0.15, -0.1) is 0 Å². The number of rotatable bonds is 6. The van der Waals surface area contributed by atoms with Gasteiger partial charge >= 0.3 is 0 Å². The predicted octanol–water partition coefficient (Wildman–Crippen LogP) is 4.46. The highest BCUT2D eigenvalue weighted by Gasteiger charge is 2.43. The fraction of sp³-hybridized carbons (Fsp3) is 0.286. The summed E-state index contributed by atoms with van der Waals surface area (Å²) in [7, 11) is -1.70. The minimum absolute atomic E-state index is 0.153. The van der Waals surface area contributed by atoms with E-state index in [9.17, 15) is 8.42 Å². The molecule has 2 aliphatic heterocycles. The Hall–Kier alpha value is -3.13. The summed E-state index contributed by atoms with van der Waals surface area (Å²) in [6.45, 7) is 5.85. The van der Waals surface area contributed by atoms with Crippen molar-refractivity contribution < 1.29 is 13.2 Å². The normalized spacial score (nSPS) is 20.2. The third-order valence-electron chi connectivity index (χ3n) is 6.71. The Labute approximate surface area is 208 Å². The highest BCUT2D eigenvalue weighted by Crippen LogP contribution is 2.48. The number of benzene rings is 3. The molecule has 0 radical (unpaired) electrons. The molecule has 0 unspecified atom stereocenters. The lowest BCUT2D eigenvalue weighted by Crippen LogP contribution is -2.46. The molecule has 0 saturated carbocycles. The smallest absolute Gasteiger partial charge is 0.268 e. The maximum Gasteiger partial charge on any atom is 0.268 e. The van der Waals surface area contributed by atoms with Crippen LogP contribution in [-0.2, 0) is 10.0 Å². The van der Waals surface area contributed by atoms with Gasteiger partial charge in [0.1, 0.15) is 12.4 Å². The molecule has 2 heterocycles. The summed E-state index contributed by atoms with van der Waals surface area (Å²) in [5.41, 5.74) is 3.47. The Morgan fingerprint density at radius 2 is 1.54 bits per heavy atom. The first kappa shape index (κ1) is 23.6. The molecule has 0 spiro atoms. The zero-order chi connectivity index (χ0) is 24.4. The largest absolute Gasteiger partial charge is 0.489 e. The van der Waals surface area contributed by atoms with E-state index in [1.165, 1.54) is 4.31 Å². The quantitative estimate of drug-likeness (QED) is 0.512. The van der Waals surface area contributed by atoms with Crippen LogP contribution in [0.15, 0.2) is 95.5 Å². The summed E-state index contributed by atoms with van der Waals surface area (Å²) < 4.78 is 35.6. The molecule has 1 atom stereocenters. The number of fused-ring (bicyclic) bond motifs is 1. The molecule has 0 bridgehead atoms. The average Bonchev–Trinajstić information content (AvgIpc) is 3.20. The number of hydrogen-bond donors (Lipinski definition) is 0. The molecule has 2 aliphatic rings. The summed E-state index contributed by atoms with van der Waals surface area (Å²) in [5.74, 6) is 0.754. The summed E-state index contributed by atoms with van der Waals surface area (Å²) >= 11 is 0. The van der Waals surface area contributed by atoms with E-state index in [0.717, 1.165) is 48.8 Å². The van der Waals surface area contributed by atoms with Crippen molar-refractivity contribution in [3.8, 4) is 5.75 Å². The van der Waals surface area contributed by atoms with E-state index >= 15 is 0 Å². The molecule has 0 N–H and O–H groups in total. The van der Waals surface area contributed by atoms with Gasteiger partial charge in [-0.25, -0.2) is 12.7 Å². The number of nitrogens with zero attached hydrogens (tertiary/aromatic N) is 3. The van der Waals surface area contributed by atoms with Crippen molar-refractivity contribution >= 4 is 15.7 Å². The van der Waals surface area contributed by atoms with Crippen molar-refractivity contribution in [3.63, 3.8) is 0 Å². The third-order valence-corrected chi connectivity index (χ3v) is 8.47. The molecule has 0 aromatic heterocycles. The van der Waals surface area contributed by atoms with Gasteiger partial charge in [0.2, 0.25) is 0 Å². The van der Waals surface area contributed by atoms with E-state index in [4.69, 9.17) is 4.74 Å². The van der Waals surface area contributed by atoms with Crippen molar-refractivity contribution in [2.24, 2.45) is 0 Å². The van der Waals surface area contributed by atoms with Crippen LogP contribution in [0.4, 0.5) is 5.69 Å². The molecule has 182 valence electrons. The Bertz CT molecular complexity index is 1300. The maximum atomic E-state index is 14.0. The van der Waals surface area contributed by atoms with Crippen molar-refractivity contribution in [3.05, 3.63) is 102 Å². The lowest BCUT2D eigenvalue weighted by molar-refractivity contribution is 0.127. The summed E-state index contributed by atoms with van der Waals surface area (Å²) in [5, 5.41) is 0. The Morgan fingerprint density at radius 3 is 2.26 bits per heavy atom. The topological polar surface area (TPSA) is 53.1 Å². The minimum Gasteiger partial charge on any atom is -0.489 e.